The van der Waals surface area contributed by atoms with Crippen LogP contribution >= 0.6 is 11.3 Å². The van der Waals surface area contributed by atoms with Crippen molar-refractivity contribution in [1.29, 1.82) is 0 Å². The average molecular weight is 287 g/mol. The van der Waals surface area contributed by atoms with Gasteiger partial charge in [0.05, 0.1) is 0 Å². The molecule has 0 atom stereocenters. The molecular formula is C16H21N3S. The highest BCUT2D eigenvalue weighted by atomic mass is 32.1. The van der Waals surface area contributed by atoms with E-state index in [1.807, 2.05) is 11.6 Å². The summed E-state index contributed by atoms with van der Waals surface area (Å²) in [5, 5.41) is 10.3. The minimum absolute atomic E-state index is 0.268. The standard InChI is InChI=1S/C16H21N3S/c1-2-4-14(5-3-1)16(6-8-17-9-7-16)13-18-12-15-19-10-11-20-15/h1-5,10-11,17-18H,6-9,12-13H2. The van der Waals surface area contributed by atoms with E-state index in [1.54, 1.807) is 11.3 Å². The Morgan fingerprint density at radius 3 is 2.70 bits per heavy atom. The van der Waals surface area contributed by atoms with Crippen LogP contribution in [0, 0.1) is 0 Å². The van der Waals surface area contributed by atoms with Crippen molar-refractivity contribution in [3.63, 3.8) is 0 Å². The van der Waals surface area contributed by atoms with E-state index in [1.165, 1.54) is 23.4 Å². The molecular weight excluding hydrogens is 266 g/mol. The van der Waals surface area contributed by atoms with Crippen LogP contribution in [0.2, 0.25) is 0 Å². The van der Waals surface area contributed by atoms with E-state index >= 15 is 0 Å². The van der Waals surface area contributed by atoms with Crippen molar-refractivity contribution < 1.29 is 0 Å². The number of hydrogen-bond donors (Lipinski definition) is 2. The van der Waals surface area contributed by atoms with Gasteiger partial charge in [0.1, 0.15) is 5.01 Å². The fourth-order valence-corrected chi connectivity index (χ4v) is 3.60. The molecule has 0 unspecified atom stereocenters. The normalized spacial score (nSPS) is 18.0. The second-order valence-corrected chi connectivity index (χ2v) is 6.40. The van der Waals surface area contributed by atoms with Gasteiger partial charge < -0.3 is 10.6 Å². The molecule has 3 nitrogen and oxygen atoms in total. The van der Waals surface area contributed by atoms with E-state index in [9.17, 15) is 0 Å². The highest BCUT2D eigenvalue weighted by molar-refractivity contribution is 7.09. The highest BCUT2D eigenvalue weighted by Crippen LogP contribution is 2.32. The number of piperidine rings is 1. The Balaban J connectivity index is 1.69. The van der Waals surface area contributed by atoms with Gasteiger partial charge in [0.15, 0.2) is 0 Å². The molecule has 3 rings (SSSR count). The molecule has 0 saturated carbocycles. The molecule has 0 spiro atoms. The van der Waals surface area contributed by atoms with Crippen molar-refractivity contribution in [3.8, 4) is 0 Å². The number of nitrogens with zero attached hydrogens (tertiary/aromatic N) is 1. The summed E-state index contributed by atoms with van der Waals surface area (Å²) < 4.78 is 0. The first-order chi connectivity index (χ1) is 9.89. The maximum absolute atomic E-state index is 4.34. The second-order valence-electron chi connectivity index (χ2n) is 5.43. The molecule has 2 aromatic rings. The zero-order chi connectivity index (χ0) is 13.7. The van der Waals surface area contributed by atoms with Crippen LogP contribution in [-0.4, -0.2) is 24.6 Å². The summed E-state index contributed by atoms with van der Waals surface area (Å²) in [5.41, 5.74) is 1.73. The topological polar surface area (TPSA) is 37.0 Å². The van der Waals surface area contributed by atoms with E-state index in [-0.39, 0.29) is 5.41 Å². The van der Waals surface area contributed by atoms with Gasteiger partial charge in [0.2, 0.25) is 0 Å². The second kappa shape index (κ2) is 6.48. The Labute approximate surface area is 124 Å². The van der Waals surface area contributed by atoms with Gasteiger partial charge in [-0.3, -0.25) is 0 Å². The predicted octanol–water partition coefficient (Wildman–Crippen LogP) is 2.55. The minimum Gasteiger partial charge on any atom is -0.317 e. The fraction of sp³-hybridized carbons (Fsp3) is 0.438. The quantitative estimate of drug-likeness (QED) is 0.887. The molecule has 4 heteroatoms. The van der Waals surface area contributed by atoms with Gasteiger partial charge in [-0.05, 0) is 31.5 Å². The van der Waals surface area contributed by atoms with Gasteiger partial charge in [-0.1, -0.05) is 30.3 Å². The summed E-state index contributed by atoms with van der Waals surface area (Å²) in [5.74, 6) is 0. The molecule has 1 fully saturated rings. The van der Waals surface area contributed by atoms with Crippen LogP contribution < -0.4 is 10.6 Å². The molecule has 0 radical (unpaired) electrons. The summed E-state index contributed by atoms with van der Waals surface area (Å²) in [6.07, 6.45) is 4.27. The van der Waals surface area contributed by atoms with Crippen molar-refractivity contribution in [2.75, 3.05) is 19.6 Å². The number of benzene rings is 1. The van der Waals surface area contributed by atoms with Crippen molar-refractivity contribution >= 4 is 11.3 Å². The SMILES string of the molecule is c1ccc(C2(CNCc3nccs3)CCNCC2)cc1. The zero-order valence-corrected chi connectivity index (χ0v) is 12.5. The molecule has 1 saturated heterocycles. The van der Waals surface area contributed by atoms with Crippen LogP contribution in [0.25, 0.3) is 0 Å². The predicted molar refractivity (Wildman–Crippen MR) is 84.0 cm³/mol. The Morgan fingerprint density at radius 1 is 1.20 bits per heavy atom. The van der Waals surface area contributed by atoms with Gasteiger partial charge >= 0.3 is 0 Å². The molecule has 0 bridgehead atoms. The van der Waals surface area contributed by atoms with Crippen molar-refractivity contribution in [3.05, 3.63) is 52.5 Å². The number of thiazole rings is 1. The minimum atomic E-state index is 0.268. The van der Waals surface area contributed by atoms with Crippen LogP contribution in [0.1, 0.15) is 23.4 Å². The van der Waals surface area contributed by atoms with E-state index in [0.29, 0.717) is 0 Å². The van der Waals surface area contributed by atoms with Crippen molar-refractivity contribution in [2.24, 2.45) is 0 Å². The third-order valence-corrected chi connectivity index (χ3v) is 4.95. The van der Waals surface area contributed by atoms with Gasteiger partial charge in [-0.2, -0.15) is 0 Å². The van der Waals surface area contributed by atoms with Crippen LogP contribution in [0.3, 0.4) is 0 Å². The van der Waals surface area contributed by atoms with E-state index in [0.717, 1.165) is 26.2 Å². The lowest BCUT2D eigenvalue weighted by atomic mass is 9.73. The lowest BCUT2D eigenvalue weighted by Gasteiger charge is -2.38. The van der Waals surface area contributed by atoms with Crippen LogP contribution in [-0.2, 0) is 12.0 Å². The first-order valence-electron chi connectivity index (χ1n) is 7.24. The van der Waals surface area contributed by atoms with Gasteiger partial charge in [0, 0.05) is 30.1 Å². The third kappa shape index (κ3) is 3.08. The maximum Gasteiger partial charge on any atom is 0.106 e. The molecule has 0 amide bonds. The molecule has 2 N–H and O–H groups in total. The summed E-state index contributed by atoms with van der Waals surface area (Å²) >= 11 is 1.72. The van der Waals surface area contributed by atoms with Gasteiger partial charge in [-0.15, -0.1) is 11.3 Å². The summed E-state index contributed by atoms with van der Waals surface area (Å²) in [6, 6.07) is 11.0. The lowest BCUT2D eigenvalue weighted by Crippen LogP contribution is -2.46. The summed E-state index contributed by atoms with van der Waals surface area (Å²) in [4.78, 5) is 4.34. The fourth-order valence-electron chi connectivity index (χ4n) is 3.01. The number of aromatic nitrogens is 1. The zero-order valence-electron chi connectivity index (χ0n) is 11.6. The van der Waals surface area contributed by atoms with E-state index < -0.39 is 0 Å². The van der Waals surface area contributed by atoms with Crippen molar-refractivity contribution in [2.45, 2.75) is 24.8 Å². The molecule has 106 valence electrons. The maximum atomic E-state index is 4.34. The Morgan fingerprint density at radius 2 is 2.00 bits per heavy atom. The lowest BCUT2D eigenvalue weighted by molar-refractivity contribution is 0.293. The van der Waals surface area contributed by atoms with Crippen LogP contribution in [0.15, 0.2) is 41.9 Å². The van der Waals surface area contributed by atoms with Crippen LogP contribution in [0.5, 0.6) is 0 Å². The van der Waals surface area contributed by atoms with E-state index in [2.05, 4.69) is 45.9 Å². The average Bonchev–Trinajstić information content (AvgIpc) is 3.02. The third-order valence-electron chi connectivity index (χ3n) is 4.17. The molecule has 1 aliphatic rings. The Bertz CT molecular complexity index is 504. The number of hydrogen-bond acceptors (Lipinski definition) is 4. The number of nitrogens with one attached hydrogen (secondary N) is 2. The molecule has 1 aliphatic heterocycles. The van der Waals surface area contributed by atoms with E-state index in [4.69, 9.17) is 0 Å². The smallest absolute Gasteiger partial charge is 0.106 e. The summed E-state index contributed by atoms with van der Waals surface area (Å²) in [7, 11) is 0. The van der Waals surface area contributed by atoms with Gasteiger partial charge in [0.25, 0.3) is 0 Å². The molecule has 1 aromatic carbocycles. The molecule has 20 heavy (non-hydrogen) atoms. The first kappa shape index (κ1) is 13.7. The highest BCUT2D eigenvalue weighted by Gasteiger charge is 2.33. The van der Waals surface area contributed by atoms with Crippen LogP contribution in [0.4, 0.5) is 0 Å². The number of rotatable bonds is 5. The Hall–Kier alpha value is -1.23. The first-order valence-corrected chi connectivity index (χ1v) is 8.12. The molecule has 0 aliphatic carbocycles. The largest absolute Gasteiger partial charge is 0.317 e. The van der Waals surface area contributed by atoms with Gasteiger partial charge in [-0.25, -0.2) is 4.98 Å². The van der Waals surface area contributed by atoms with Crippen molar-refractivity contribution in [1.82, 2.24) is 15.6 Å². The molecule has 2 heterocycles. The monoisotopic (exact) mass is 287 g/mol. The summed E-state index contributed by atoms with van der Waals surface area (Å²) in [6.45, 7) is 4.11. The Kier molecular flexibility index (Phi) is 4.45. The molecule has 1 aromatic heterocycles.